The Bertz CT molecular complexity index is 321. The zero-order chi connectivity index (χ0) is 12.8. The molecule has 0 amide bonds. The number of hydrogen-bond acceptors (Lipinski definition) is 2. The van der Waals surface area contributed by atoms with E-state index in [2.05, 4.69) is 24.5 Å². The van der Waals surface area contributed by atoms with Crippen molar-refractivity contribution in [2.24, 2.45) is 11.8 Å². The summed E-state index contributed by atoms with van der Waals surface area (Å²) in [5.74, 6) is 0.860. The molecule has 1 aromatic carbocycles. The first-order valence-electron chi connectivity index (χ1n) is 6.17. The largest absolute Gasteiger partial charge is 0.319 e. The lowest BCUT2D eigenvalue weighted by Gasteiger charge is -2.30. The molecule has 2 atom stereocenters. The number of rotatable bonds is 6. The first-order valence-corrected chi connectivity index (χ1v) is 6.17. The monoisotopic (exact) mass is 238 g/mol. The molecule has 0 saturated carbocycles. The van der Waals surface area contributed by atoms with Crippen LogP contribution in [-0.4, -0.2) is 20.6 Å². The van der Waals surface area contributed by atoms with Gasteiger partial charge in [0.15, 0.2) is 0 Å². The highest BCUT2D eigenvalue weighted by Crippen LogP contribution is 2.27. The fourth-order valence-electron chi connectivity index (χ4n) is 2.27. The SMILES string of the molecule is CNCC(C(C)C)C(NC)c1ccc(F)cc1. The maximum Gasteiger partial charge on any atom is 0.123 e. The number of nitrogens with one attached hydrogen (secondary N) is 2. The topological polar surface area (TPSA) is 24.1 Å². The van der Waals surface area contributed by atoms with Crippen LogP contribution in [0.25, 0.3) is 0 Å². The second kappa shape index (κ2) is 6.72. The summed E-state index contributed by atoms with van der Waals surface area (Å²) in [5, 5.41) is 6.57. The van der Waals surface area contributed by atoms with Crippen LogP contribution in [0.2, 0.25) is 0 Å². The molecule has 0 fully saturated rings. The van der Waals surface area contributed by atoms with Gasteiger partial charge in [-0.2, -0.15) is 0 Å². The van der Waals surface area contributed by atoms with E-state index in [0.717, 1.165) is 12.1 Å². The average molecular weight is 238 g/mol. The van der Waals surface area contributed by atoms with Crippen molar-refractivity contribution in [2.75, 3.05) is 20.6 Å². The Labute approximate surface area is 104 Å². The Hall–Kier alpha value is -0.930. The van der Waals surface area contributed by atoms with Gasteiger partial charge >= 0.3 is 0 Å². The molecule has 2 nitrogen and oxygen atoms in total. The summed E-state index contributed by atoms with van der Waals surface area (Å²) in [7, 11) is 3.92. The maximum atomic E-state index is 12.9. The highest BCUT2D eigenvalue weighted by atomic mass is 19.1. The minimum Gasteiger partial charge on any atom is -0.319 e. The summed E-state index contributed by atoms with van der Waals surface area (Å²) in [6.07, 6.45) is 0. The van der Waals surface area contributed by atoms with E-state index < -0.39 is 0 Å². The fourth-order valence-corrected chi connectivity index (χ4v) is 2.27. The third-order valence-corrected chi connectivity index (χ3v) is 3.26. The van der Waals surface area contributed by atoms with Gasteiger partial charge in [-0.05, 0) is 50.2 Å². The second-order valence-electron chi connectivity index (χ2n) is 4.78. The summed E-state index contributed by atoms with van der Waals surface area (Å²) < 4.78 is 12.9. The molecule has 0 aliphatic carbocycles. The molecular formula is C14H23FN2. The number of halogens is 1. The maximum absolute atomic E-state index is 12.9. The Morgan fingerprint density at radius 3 is 2.12 bits per heavy atom. The van der Waals surface area contributed by atoms with Crippen LogP contribution in [0.15, 0.2) is 24.3 Å². The molecule has 0 bridgehead atoms. The highest BCUT2D eigenvalue weighted by Gasteiger charge is 2.23. The standard InChI is InChI=1S/C14H23FN2/c1-10(2)13(9-16-3)14(17-4)11-5-7-12(15)8-6-11/h5-8,10,13-14,16-17H,9H2,1-4H3. The molecule has 17 heavy (non-hydrogen) atoms. The average Bonchev–Trinajstić information content (AvgIpc) is 2.31. The van der Waals surface area contributed by atoms with Crippen LogP contribution in [0.1, 0.15) is 25.5 Å². The van der Waals surface area contributed by atoms with E-state index in [0.29, 0.717) is 11.8 Å². The lowest BCUT2D eigenvalue weighted by molar-refractivity contribution is 0.284. The van der Waals surface area contributed by atoms with Gasteiger partial charge in [-0.25, -0.2) is 4.39 Å². The van der Waals surface area contributed by atoms with Crippen LogP contribution in [0.5, 0.6) is 0 Å². The van der Waals surface area contributed by atoms with Gasteiger partial charge < -0.3 is 10.6 Å². The smallest absolute Gasteiger partial charge is 0.123 e. The van der Waals surface area contributed by atoms with Gasteiger partial charge in [0.2, 0.25) is 0 Å². The van der Waals surface area contributed by atoms with Crippen molar-refractivity contribution in [3.63, 3.8) is 0 Å². The predicted octanol–water partition coefficient (Wildman–Crippen LogP) is 2.58. The molecule has 0 aromatic heterocycles. The van der Waals surface area contributed by atoms with Crippen molar-refractivity contribution in [3.05, 3.63) is 35.6 Å². The second-order valence-corrected chi connectivity index (χ2v) is 4.78. The van der Waals surface area contributed by atoms with Crippen LogP contribution in [0.3, 0.4) is 0 Å². The van der Waals surface area contributed by atoms with Crippen molar-refractivity contribution in [1.29, 1.82) is 0 Å². The zero-order valence-electron chi connectivity index (χ0n) is 11.1. The molecule has 0 aliphatic heterocycles. The molecule has 96 valence electrons. The van der Waals surface area contributed by atoms with Crippen molar-refractivity contribution < 1.29 is 4.39 Å². The minimum atomic E-state index is -0.182. The van der Waals surface area contributed by atoms with Gasteiger partial charge in [-0.15, -0.1) is 0 Å². The molecule has 2 N–H and O–H groups in total. The number of benzene rings is 1. The lowest BCUT2D eigenvalue weighted by atomic mass is 9.84. The van der Waals surface area contributed by atoms with E-state index in [-0.39, 0.29) is 11.9 Å². The van der Waals surface area contributed by atoms with Crippen LogP contribution in [0, 0.1) is 17.7 Å². The van der Waals surface area contributed by atoms with Crippen LogP contribution in [-0.2, 0) is 0 Å². The molecule has 0 radical (unpaired) electrons. The molecule has 1 rings (SSSR count). The van der Waals surface area contributed by atoms with E-state index in [9.17, 15) is 4.39 Å². The third-order valence-electron chi connectivity index (χ3n) is 3.26. The Kier molecular flexibility index (Phi) is 5.59. The first kappa shape index (κ1) is 14.1. The quantitative estimate of drug-likeness (QED) is 0.796. The van der Waals surface area contributed by atoms with E-state index in [1.165, 1.54) is 12.1 Å². The van der Waals surface area contributed by atoms with Crippen LogP contribution in [0.4, 0.5) is 4.39 Å². The van der Waals surface area contributed by atoms with Gasteiger partial charge in [-0.3, -0.25) is 0 Å². The van der Waals surface area contributed by atoms with Crippen LogP contribution < -0.4 is 10.6 Å². The van der Waals surface area contributed by atoms with Gasteiger partial charge in [0.05, 0.1) is 0 Å². The molecule has 0 spiro atoms. The molecule has 0 saturated heterocycles. The third kappa shape index (κ3) is 3.79. The van der Waals surface area contributed by atoms with Crippen LogP contribution >= 0.6 is 0 Å². The minimum absolute atomic E-state index is 0.182. The Morgan fingerprint density at radius 1 is 1.12 bits per heavy atom. The molecule has 1 aromatic rings. The van der Waals surface area contributed by atoms with Crippen molar-refractivity contribution in [2.45, 2.75) is 19.9 Å². The molecule has 0 aliphatic rings. The van der Waals surface area contributed by atoms with Gasteiger partial charge in [-0.1, -0.05) is 26.0 Å². The van der Waals surface area contributed by atoms with Crippen molar-refractivity contribution >= 4 is 0 Å². The van der Waals surface area contributed by atoms with Crippen molar-refractivity contribution in [1.82, 2.24) is 10.6 Å². The summed E-state index contributed by atoms with van der Waals surface area (Å²) in [5.41, 5.74) is 1.14. The first-order chi connectivity index (χ1) is 8.10. The predicted molar refractivity (Wildman–Crippen MR) is 70.5 cm³/mol. The van der Waals surface area contributed by atoms with Gasteiger partial charge in [0, 0.05) is 6.04 Å². The number of hydrogen-bond donors (Lipinski definition) is 2. The normalized spacial score (nSPS) is 14.9. The van der Waals surface area contributed by atoms with Gasteiger partial charge in [0.25, 0.3) is 0 Å². The molecule has 3 heteroatoms. The van der Waals surface area contributed by atoms with E-state index in [1.54, 1.807) is 0 Å². The summed E-state index contributed by atoms with van der Waals surface area (Å²) in [6, 6.07) is 7.03. The molecule has 2 unspecified atom stereocenters. The van der Waals surface area contributed by atoms with E-state index >= 15 is 0 Å². The molecular weight excluding hydrogens is 215 g/mol. The fraction of sp³-hybridized carbons (Fsp3) is 0.571. The summed E-state index contributed by atoms with van der Waals surface area (Å²) in [4.78, 5) is 0. The summed E-state index contributed by atoms with van der Waals surface area (Å²) >= 11 is 0. The summed E-state index contributed by atoms with van der Waals surface area (Å²) in [6.45, 7) is 5.38. The van der Waals surface area contributed by atoms with E-state index in [1.807, 2.05) is 26.2 Å². The molecule has 0 heterocycles. The van der Waals surface area contributed by atoms with E-state index in [4.69, 9.17) is 0 Å². The van der Waals surface area contributed by atoms with Gasteiger partial charge in [0.1, 0.15) is 5.82 Å². The zero-order valence-corrected chi connectivity index (χ0v) is 11.1. The highest BCUT2D eigenvalue weighted by molar-refractivity contribution is 5.21. The Balaban J connectivity index is 2.91. The Morgan fingerprint density at radius 2 is 1.71 bits per heavy atom. The lowest BCUT2D eigenvalue weighted by Crippen LogP contribution is -2.35. The van der Waals surface area contributed by atoms with Crippen molar-refractivity contribution in [3.8, 4) is 0 Å².